The maximum Gasteiger partial charge on any atom is 0.171 e. The van der Waals surface area contributed by atoms with Crippen LogP contribution in [0.15, 0.2) is 54.6 Å². The van der Waals surface area contributed by atoms with Crippen molar-refractivity contribution in [2.24, 2.45) is 32.5 Å². The van der Waals surface area contributed by atoms with E-state index in [0.29, 0.717) is 50.6 Å². The minimum atomic E-state index is -0.542. The summed E-state index contributed by atoms with van der Waals surface area (Å²) in [6.07, 6.45) is 0. The fourth-order valence-corrected chi connectivity index (χ4v) is 6.35. The Kier molecular flexibility index (Phi) is 19.4. The molecule has 0 radical (unpaired) electrons. The number of rotatable bonds is 9. The van der Waals surface area contributed by atoms with Crippen molar-refractivity contribution >= 4 is 34.7 Å². The first-order valence-electron chi connectivity index (χ1n) is 24.2. The lowest BCUT2D eigenvalue weighted by Gasteiger charge is -2.26. The van der Waals surface area contributed by atoms with Crippen molar-refractivity contribution in [2.75, 3.05) is 0 Å². The van der Waals surface area contributed by atoms with Gasteiger partial charge in [0.2, 0.25) is 0 Å². The molecular weight excluding hydrogens is 865 g/mol. The minimum Gasteiger partial charge on any atom is -0.488 e. The topological polar surface area (TPSA) is 130 Å². The third-order valence-electron chi connectivity index (χ3n) is 9.75. The predicted molar refractivity (Wildman–Crippen MR) is 283 cm³/mol. The van der Waals surface area contributed by atoms with Gasteiger partial charge in [0.1, 0.15) is 34.1 Å². The van der Waals surface area contributed by atoms with E-state index in [9.17, 15) is 28.8 Å². The summed E-state index contributed by atoms with van der Waals surface area (Å²) in [6.45, 7) is 51.2. The molecule has 0 saturated heterocycles. The van der Waals surface area contributed by atoms with Crippen LogP contribution in [0.5, 0.6) is 17.2 Å². The van der Waals surface area contributed by atoms with Crippen molar-refractivity contribution in [2.45, 2.75) is 204 Å². The molecule has 3 aromatic carbocycles. The van der Waals surface area contributed by atoms with Crippen LogP contribution >= 0.6 is 0 Å². The molecule has 0 bridgehead atoms. The average molecular weight is 955 g/mol. The normalized spacial score (nSPS) is 12.9. The van der Waals surface area contributed by atoms with Gasteiger partial charge in [-0.15, -0.1) is 0 Å². The molecule has 0 heterocycles. The lowest BCUT2D eigenvalue weighted by molar-refractivity contribution is 0.0827. The molecule has 9 nitrogen and oxygen atoms in total. The Hall–Kier alpha value is -4.92. The minimum absolute atomic E-state index is 0.000168. The summed E-state index contributed by atoms with van der Waals surface area (Å²) in [4.78, 5) is 75.8. The molecule has 0 amide bonds. The number of carbonyl (C=O) groups is 6. The van der Waals surface area contributed by atoms with E-state index in [-0.39, 0.29) is 34.7 Å². The van der Waals surface area contributed by atoms with Crippen LogP contribution in [0.3, 0.4) is 0 Å². The van der Waals surface area contributed by atoms with Crippen molar-refractivity contribution in [1.29, 1.82) is 0 Å². The number of hydrogen-bond donors (Lipinski definition) is 0. The molecule has 69 heavy (non-hydrogen) atoms. The van der Waals surface area contributed by atoms with Gasteiger partial charge in [-0.05, 0) is 111 Å². The van der Waals surface area contributed by atoms with Gasteiger partial charge >= 0.3 is 0 Å². The average Bonchev–Trinajstić information content (AvgIpc) is 3.12. The summed E-state index contributed by atoms with van der Waals surface area (Å²) in [5.41, 5.74) is -1.14. The number of carbonyl (C=O) groups excluding carboxylic acids is 6. The number of hydrogen-bond acceptors (Lipinski definition) is 9. The molecule has 3 rings (SSSR count). The SMILES string of the molecule is CC(C)(C)Oc1cc(C(=O)C(C)(C)C)cc(C(=O)C(C)(C)C)c1.CC(C)(C)Oc1cc(C(=O)C(C)(C)C)ccc1C(=O)C(C)(C)C.CC(C)(C)Oc1ccc(C(=O)C(C)(C)C)cc1C(=O)C(C)(C)C. The van der Waals surface area contributed by atoms with Crippen LogP contribution < -0.4 is 14.2 Å². The third-order valence-corrected chi connectivity index (χ3v) is 9.75. The Morgan fingerprint density at radius 3 is 0.899 bits per heavy atom. The van der Waals surface area contributed by atoms with Gasteiger partial charge in [-0.1, -0.05) is 131 Å². The lowest BCUT2D eigenvalue weighted by atomic mass is 9.82. The highest BCUT2D eigenvalue weighted by molar-refractivity contribution is 6.07. The molecule has 0 aliphatic heterocycles. The highest BCUT2D eigenvalue weighted by atomic mass is 16.5. The van der Waals surface area contributed by atoms with Crippen molar-refractivity contribution < 1.29 is 43.0 Å². The van der Waals surface area contributed by atoms with Gasteiger partial charge in [0.15, 0.2) is 34.7 Å². The zero-order valence-corrected chi connectivity index (χ0v) is 47.9. The lowest BCUT2D eigenvalue weighted by Crippen LogP contribution is -2.27. The zero-order valence-electron chi connectivity index (χ0n) is 47.9. The molecule has 0 aliphatic carbocycles. The largest absolute Gasteiger partial charge is 0.488 e. The van der Waals surface area contributed by atoms with Crippen molar-refractivity contribution in [3.05, 3.63) is 88.0 Å². The second-order valence-electron chi connectivity index (χ2n) is 27.3. The molecule has 0 atom stereocenters. The number of ether oxygens (including phenoxy) is 3. The van der Waals surface area contributed by atoms with Crippen LogP contribution in [0.1, 0.15) is 249 Å². The first-order chi connectivity index (χ1) is 30.4. The van der Waals surface area contributed by atoms with Gasteiger partial charge in [0.25, 0.3) is 0 Å². The highest BCUT2D eigenvalue weighted by Gasteiger charge is 2.33. The van der Waals surface area contributed by atoms with Crippen molar-refractivity contribution in [3.8, 4) is 17.2 Å². The van der Waals surface area contributed by atoms with E-state index >= 15 is 0 Å². The van der Waals surface area contributed by atoms with Gasteiger partial charge < -0.3 is 14.2 Å². The van der Waals surface area contributed by atoms with Crippen molar-refractivity contribution in [3.63, 3.8) is 0 Å². The van der Waals surface area contributed by atoms with Crippen LogP contribution in [-0.4, -0.2) is 51.5 Å². The predicted octanol–water partition coefficient (Wildman–Crippen LogP) is 16.0. The molecule has 0 N–H and O–H groups in total. The second-order valence-corrected chi connectivity index (χ2v) is 27.3. The molecule has 0 fully saturated rings. The van der Waals surface area contributed by atoms with Crippen LogP contribution in [0.25, 0.3) is 0 Å². The van der Waals surface area contributed by atoms with E-state index in [4.69, 9.17) is 14.2 Å². The van der Waals surface area contributed by atoms with E-state index < -0.39 is 49.3 Å². The molecule has 384 valence electrons. The molecule has 0 aliphatic rings. The van der Waals surface area contributed by atoms with Crippen molar-refractivity contribution in [1.82, 2.24) is 0 Å². The molecule has 9 heteroatoms. The maximum absolute atomic E-state index is 12.8. The standard InChI is InChI=1S/3C20H30O3/c1-18(2,3)16(21)13-10-14(17(22)19(4,5)6)12-15(11-13)23-20(7,8)9;1-18(2,3)16(21)13-10-11-15(23-20(7,8)9)14(12-13)17(22)19(4,5)6;1-18(2,3)16(21)13-10-11-14(17(22)19(4,5)6)15(12-13)23-20(7,8)9/h3*10-12H,1-9H3. The number of ketones is 6. The Morgan fingerprint density at radius 2 is 0.565 bits per heavy atom. The van der Waals surface area contributed by atoms with E-state index in [1.807, 2.05) is 187 Å². The van der Waals surface area contributed by atoms with Gasteiger partial charge in [-0.3, -0.25) is 28.8 Å². The van der Waals surface area contributed by atoms with Gasteiger partial charge in [-0.25, -0.2) is 0 Å². The van der Waals surface area contributed by atoms with Gasteiger partial charge in [0, 0.05) is 54.7 Å². The first-order valence-corrected chi connectivity index (χ1v) is 24.2. The first kappa shape index (κ1) is 62.1. The Balaban J connectivity index is 0.000000517. The number of Topliss-reactive ketones (excluding diaryl/α,β-unsaturated/α-hetero) is 6. The van der Waals surface area contributed by atoms with E-state index in [1.54, 1.807) is 54.6 Å². The smallest absolute Gasteiger partial charge is 0.171 e. The Labute approximate surface area is 417 Å². The van der Waals surface area contributed by atoms with E-state index in [0.717, 1.165) is 0 Å². The van der Waals surface area contributed by atoms with Crippen LogP contribution in [0.4, 0.5) is 0 Å². The van der Waals surface area contributed by atoms with E-state index in [1.165, 1.54) is 0 Å². The quantitative estimate of drug-likeness (QED) is 0.192. The van der Waals surface area contributed by atoms with Crippen LogP contribution in [-0.2, 0) is 0 Å². The monoisotopic (exact) mass is 955 g/mol. The highest BCUT2D eigenvalue weighted by Crippen LogP contribution is 2.35. The molecular formula is C60H90O9. The van der Waals surface area contributed by atoms with Gasteiger partial charge in [0.05, 0.1) is 11.1 Å². The van der Waals surface area contributed by atoms with E-state index in [2.05, 4.69) is 0 Å². The fourth-order valence-electron chi connectivity index (χ4n) is 6.35. The van der Waals surface area contributed by atoms with Crippen LogP contribution in [0.2, 0.25) is 0 Å². The summed E-state index contributed by atoms with van der Waals surface area (Å²) in [7, 11) is 0. The summed E-state index contributed by atoms with van der Waals surface area (Å²) < 4.78 is 17.8. The Morgan fingerprint density at radius 1 is 0.275 bits per heavy atom. The molecule has 0 aromatic heterocycles. The molecule has 0 unspecified atom stereocenters. The van der Waals surface area contributed by atoms with Gasteiger partial charge in [-0.2, -0.15) is 0 Å². The maximum atomic E-state index is 12.8. The van der Waals surface area contributed by atoms with Crippen LogP contribution in [0, 0.1) is 32.5 Å². The summed E-state index contributed by atoms with van der Waals surface area (Å²) >= 11 is 0. The summed E-state index contributed by atoms with van der Waals surface area (Å²) in [5, 5.41) is 0. The fraction of sp³-hybridized carbons (Fsp3) is 0.600. The summed E-state index contributed by atoms with van der Waals surface area (Å²) in [5.74, 6) is 1.59. The molecule has 0 spiro atoms. The second kappa shape index (κ2) is 21.6. The number of benzene rings is 3. The summed E-state index contributed by atoms with van der Waals surface area (Å²) in [6, 6.07) is 15.5. The Bertz CT molecular complexity index is 2300. The third kappa shape index (κ3) is 20.1. The molecule has 0 saturated carbocycles. The zero-order chi connectivity index (χ0) is 54.6. The molecule has 3 aromatic rings.